The van der Waals surface area contributed by atoms with Crippen LogP contribution in [-0.4, -0.2) is 29.9 Å². The first-order valence-corrected chi connectivity index (χ1v) is 8.59. The van der Waals surface area contributed by atoms with E-state index in [1.807, 2.05) is 36.6 Å². The summed E-state index contributed by atoms with van der Waals surface area (Å²) in [4.78, 5) is 13.1. The van der Waals surface area contributed by atoms with Gasteiger partial charge in [0.1, 0.15) is 5.82 Å². The number of hydrogen-bond acceptors (Lipinski definition) is 5. The van der Waals surface area contributed by atoms with Crippen LogP contribution in [0.3, 0.4) is 0 Å². The van der Waals surface area contributed by atoms with Gasteiger partial charge in [0, 0.05) is 11.6 Å². The van der Waals surface area contributed by atoms with Crippen molar-refractivity contribution in [3.8, 4) is 11.5 Å². The van der Waals surface area contributed by atoms with E-state index in [1.165, 1.54) is 11.3 Å². The van der Waals surface area contributed by atoms with E-state index < -0.39 is 0 Å². The number of thiophene rings is 1. The van der Waals surface area contributed by atoms with Gasteiger partial charge in [-0.3, -0.25) is 4.79 Å². The molecule has 0 aliphatic rings. The SMILES string of the molecule is COc1cccc(Cn2nccc2NC(=O)c2sccc2C)c1OC. The summed E-state index contributed by atoms with van der Waals surface area (Å²) in [5.41, 5.74) is 1.87. The van der Waals surface area contributed by atoms with Crippen LogP contribution < -0.4 is 14.8 Å². The summed E-state index contributed by atoms with van der Waals surface area (Å²) >= 11 is 1.42. The maximum Gasteiger partial charge on any atom is 0.267 e. The first-order chi connectivity index (χ1) is 12.1. The normalized spacial score (nSPS) is 10.5. The molecule has 0 unspecified atom stereocenters. The number of amides is 1. The third-order valence-electron chi connectivity index (χ3n) is 3.83. The Bertz CT molecular complexity index is 885. The van der Waals surface area contributed by atoms with Gasteiger partial charge < -0.3 is 14.8 Å². The van der Waals surface area contributed by atoms with Crippen molar-refractivity contribution >= 4 is 23.1 Å². The average molecular weight is 357 g/mol. The monoisotopic (exact) mass is 357 g/mol. The van der Waals surface area contributed by atoms with Crippen LogP contribution in [0.15, 0.2) is 41.9 Å². The second kappa shape index (κ2) is 7.40. The minimum Gasteiger partial charge on any atom is -0.493 e. The Morgan fingerprint density at radius 1 is 1.24 bits per heavy atom. The van der Waals surface area contributed by atoms with Gasteiger partial charge in [-0.05, 0) is 30.0 Å². The number of hydrogen-bond donors (Lipinski definition) is 1. The Morgan fingerprint density at radius 2 is 2.08 bits per heavy atom. The van der Waals surface area contributed by atoms with Gasteiger partial charge in [-0.2, -0.15) is 5.10 Å². The molecule has 0 atom stereocenters. The van der Waals surface area contributed by atoms with Crippen molar-refractivity contribution in [2.24, 2.45) is 0 Å². The zero-order valence-electron chi connectivity index (χ0n) is 14.3. The Hall–Kier alpha value is -2.80. The quantitative estimate of drug-likeness (QED) is 0.732. The number of aromatic nitrogens is 2. The highest BCUT2D eigenvalue weighted by molar-refractivity contribution is 7.12. The molecule has 0 saturated heterocycles. The van der Waals surface area contributed by atoms with Gasteiger partial charge in [0.05, 0.1) is 31.8 Å². The molecule has 0 fully saturated rings. The Kier molecular flexibility index (Phi) is 5.04. The van der Waals surface area contributed by atoms with Crippen LogP contribution in [0.5, 0.6) is 11.5 Å². The van der Waals surface area contributed by atoms with Crippen molar-refractivity contribution in [3.63, 3.8) is 0 Å². The molecule has 7 heteroatoms. The molecule has 25 heavy (non-hydrogen) atoms. The maximum absolute atomic E-state index is 12.4. The first-order valence-electron chi connectivity index (χ1n) is 7.71. The lowest BCUT2D eigenvalue weighted by Gasteiger charge is -2.14. The molecule has 1 aromatic carbocycles. The topological polar surface area (TPSA) is 65.4 Å². The third-order valence-corrected chi connectivity index (χ3v) is 4.85. The third kappa shape index (κ3) is 3.51. The van der Waals surface area contributed by atoms with Gasteiger partial charge in [-0.1, -0.05) is 12.1 Å². The van der Waals surface area contributed by atoms with Crippen molar-refractivity contribution in [3.05, 3.63) is 57.9 Å². The molecule has 2 heterocycles. The molecular formula is C18H19N3O3S. The summed E-state index contributed by atoms with van der Waals surface area (Å²) in [6.45, 7) is 2.37. The second-order valence-corrected chi connectivity index (χ2v) is 6.33. The molecule has 0 radical (unpaired) electrons. The maximum atomic E-state index is 12.4. The number of carbonyl (C=O) groups is 1. The number of nitrogens with zero attached hydrogens (tertiary/aromatic N) is 2. The second-order valence-electron chi connectivity index (χ2n) is 5.41. The van der Waals surface area contributed by atoms with Crippen molar-refractivity contribution in [2.75, 3.05) is 19.5 Å². The summed E-state index contributed by atoms with van der Waals surface area (Å²) < 4.78 is 12.5. The zero-order valence-corrected chi connectivity index (χ0v) is 15.1. The van der Waals surface area contributed by atoms with Gasteiger partial charge in [0.15, 0.2) is 11.5 Å². The molecule has 1 amide bonds. The van der Waals surface area contributed by atoms with E-state index in [-0.39, 0.29) is 5.91 Å². The molecule has 2 aromatic heterocycles. The molecule has 1 N–H and O–H groups in total. The minimum absolute atomic E-state index is 0.133. The largest absolute Gasteiger partial charge is 0.493 e. The fraction of sp³-hybridized carbons (Fsp3) is 0.222. The molecule has 0 bridgehead atoms. The van der Waals surface area contributed by atoms with Crippen molar-refractivity contribution in [1.29, 1.82) is 0 Å². The van der Waals surface area contributed by atoms with Gasteiger partial charge >= 0.3 is 0 Å². The summed E-state index contributed by atoms with van der Waals surface area (Å²) in [5, 5.41) is 9.13. The number of para-hydroxylation sites is 1. The molecule has 6 nitrogen and oxygen atoms in total. The van der Waals surface area contributed by atoms with Crippen LogP contribution in [0.2, 0.25) is 0 Å². The van der Waals surface area contributed by atoms with Crippen molar-refractivity contribution in [2.45, 2.75) is 13.5 Å². The molecule has 3 aromatic rings. The lowest BCUT2D eigenvalue weighted by Crippen LogP contribution is -2.16. The highest BCUT2D eigenvalue weighted by Crippen LogP contribution is 2.31. The van der Waals surface area contributed by atoms with E-state index in [4.69, 9.17) is 9.47 Å². The van der Waals surface area contributed by atoms with Gasteiger partial charge in [0.2, 0.25) is 0 Å². The molecule has 0 aliphatic heterocycles. The first kappa shape index (κ1) is 17.0. The van der Waals surface area contributed by atoms with Crippen LogP contribution in [0.4, 0.5) is 5.82 Å². The number of carbonyl (C=O) groups excluding carboxylic acids is 1. The molecule has 0 aliphatic carbocycles. The van der Waals surface area contributed by atoms with E-state index in [9.17, 15) is 4.79 Å². The zero-order chi connectivity index (χ0) is 17.8. The Labute approximate surface area is 150 Å². The van der Waals surface area contributed by atoms with Crippen LogP contribution >= 0.6 is 11.3 Å². The highest BCUT2D eigenvalue weighted by Gasteiger charge is 2.15. The predicted molar refractivity (Wildman–Crippen MR) is 97.9 cm³/mol. The number of benzene rings is 1. The smallest absolute Gasteiger partial charge is 0.267 e. The summed E-state index contributed by atoms with van der Waals surface area (Å²) in [6.07, 6.45) is 1.66. The predicted octanol–water partition coefficient (Wildman–Crippen LogP) is 3.57. The van der Waals surface area contributed by atoms with E-state index in [0.717, 1.165) is 11.1 Å². The van der Waals surface area contributed by atoms with Crippen molar-refractivity contribution in [1.82, 2.24) is 9.78 Å². The summed E-state index contributed by atoms with van der Waals surface area (Å²) in [6, 6.07) is 9.38. The van der Waals surface area contributed by atoms with E-state index in [0.29, 0.717) is 28.7 Å². The molecule has 0 saturated carbocycles. The highest BCUT2D eigenvalue weighted by atomic mass is 32.1. The number of nitrogens with one attached hydrogen (secondary N) is 1. The van der Waals surface area contributed by atoms with E-state index in [2.05, 4.69) is 10.4 Å². The van der Waals surface area contributed by atoms with Crippen LogP contribution in [0.25, 0.3) is 0 Å². The Morgan fingerprint density at radius 3 is 2.76 bits per heavy atom. The minimum atomic E-state index is -0.133. The fourth-order valence-corrected chi connectivity index (χ4v) is 3.40. The number of aryl methyl sites for hydroxylation is 1. The average Bonchev–Trinajstić information content (AvgIpc) is 3.23. The fourth-order valence-electron chi connectivity index (χ4n) is 2.58. The Balaban J connectivity index is 1.83. The van der Waals surface area contributed by atoms with E-state index in [1.54, 1.807) is 31.2 Å². The van der Waals surface area contributed by atoms with Gasteiger partial charge in [-0.15, -0.1) is 11.3 Å². The molecular weight excluding hydrogens is 338 g/mol. The van der Waals surface area contributed by atoms with E-state index >= 15 is 0 Å². The lowest BCUT2D eigenvalue weighted by molar-refractivity contribution is 0.102. The standard InChI is InChI=1S/C18H19N3O3S/c1-12-8-10-25-17(12)18(22)20-15-7-9-19-21(15)11-13-5-4-6-14(23-2)16(13)24-3/h4-10H,11H2,1-3H3,(H,20,22). The number of anilines is 1. The molecule has 3 rings (SSSR count). The van der Waals surface area contributed by atoms with Crippen molar-refractivity contribution < 1.29 is 14.3 Å². The lowest BCUT2D eigenvalue weighted by atomic mass is 10.2. The van der Waals surface area contributed by atoms with Gasteiger partial charge in [-0.25, -0.2) is 4.68 Å². The molecule has 130 valence electrons. The van der Waals surface area contributed by atoms with Gasteiger partial charge in [0.25, 0.3) is 5.91 Å². The molecule has 0 spiro atoms. The van der Waals surface area contributed by atoms with Crippen LogP contribution in [-0.2, 0) is 6.54 Å². The summed E-state index contributed by atoms with van der Waals surface area (Å²) in [5.74, 6) is 1.81. The van der Waals surface area contributed by atoms with Crippen LogP contribution in [0, 0.1) is 6.92 Å². The summed E-state index contributed by atoms with van der Waals surface area (Å²) in [7, 11) is 3.21. The van der Waals surface area contributed by atoms with Crippen LogP contribution in [0.1, 0.15) is 20.8 Å². The number of ether oxygens (including phenoxy) is 2. The number of methoxy groups -OCH3 is 2. The number of rotatable bonds is 6.